The summed E-state index contributed by atoms with van der Waals surface area (Å²) in [4.78, 5) is 23.4. The number of primary amides is 1. The van der Waals surface area contributed by atoms with Gasteiger partial charge in [-0.15, -0.1) is 0 Å². The fraction of sp³-hybridized carbons (Fsp3) is 0.333. The van der Waals surface area contributed by atoms with Crippen LogP contribution in [0.4, 0.5) is 0 Å². The maximum atomic E-state index is 13.4. The van der Waals surface area contributed by atoms with Crippen LogP contribution in [0.2, 0.25) is 0 Å². The molecule has 3 N–H and O–H groups in total. The lowest BCUT2D eigenvalue weighted by Crippen LogP contribution is -2.44. The van der Waals surface area contributed by atoms with Crippen LogP contribution in [-0.2, 0) is 26.0 Å². The van der Waals surface area contributed by atoms with Crippen LogP contribution in [0.15, 0.2) is 47.4 Å². The highest BCUT2D eigenvalue weighted by atomic mass is 32.2. The topological polar surface area (TPSA) is 110 Å². The van der Waals surface area contributed by atoms with Gasteiger partial charge in [0.1, 0.15) is 0 Å². The van der Waals surface area contributed by atoms with Crippen molar-refractivity contribution < 1.29 is 18.0 Å². The molecule has 2 rings (SSSR count). The summed E-state index contributed by atoms with van der Waals surface area (Å²) in [6.45, 7) is 4.79. The van der Waals surface area contributed by atoms with Crippen molar-refractivity contribution in [3.63, 3.8) is 0 Å². The highest BCUT2D eigenvalue weighted by molar-refractivity contribution is 7.89. The monoisotopic (exact) mass is 417 g/mol. The zero-order valence-corrected chi connectivity index (χ0v) is 17.8. The normalized spacial score (nSPS) is 11.4. The Hall–Kier alpha value is -2.71. The van der Waals surface area contributed by atoms with E-state index in [9.17, 15) is 18.0 Å². The van der Waals surface area contributed by atoms with Gasteiger partial charge in [0.25, 0.3) is 0 Å². The molecular formula is C21H27N3O4S. The minimum absolute atomic E-state index is 0.128. The first-order valence-electron chi connectivity index (χ1n) is 9.28. The molecule has 2 amide bonds. The van der Waals surface area contributed by atoms with Gasteiger partial charge < -0.3 is 11.1 Å². The molecule has 0 fully saturated rings. The second-order valence-electron chi connectivity index (χ2n) is 7.05. The third kappa shape index (κ3) is 6.13. The number of nitrogens with zero attached hydrogens (tertiary/aromatic N) is 1. The molecule has 0 radical (unpaired) electrons. The zero-order chi connectivity index (χ0) is 21.6. The zero-order valence-electron chi connectivity index (χ0n) is 16.9. The number of aryl methyl sites for hydroxylation is 3. The second kappa shape index (κ2) is 9.67. The molecule has 0 heterocycles. The molecule has 0 bridgehead atoms. The number of benzene rings is 2. The molecule has 0 saturated heterocycles. The highest BCUT2D eigenvalue weighted by Gasteiger charge is 2.29. The van der Waals surface area contributed by atoms with E-state index in [0.717, 1.165) is 15.4 Å². The SMILES string of the molecule is Cc1cc(C)c(S(=O)(=O)N(CCc2ccccc2)CC(=O)NCC(N)=O)c(C)c1. The molecule has 8 heteroatoms. The first-order valence-corrected chi connectivity index (χ1v) is 10.7. The van der Waals surface area contributed by atoms with Crippen molar-refractivity contribution in [1.82, 2.24) is 9.62 Å². The van der Waals surface area contributed by atoms with E-state index in [1.165, 1.54) is 0 Å². The average Bonchev–Trinajstić information content (AvgIpc) is 2.63. The summed E-state index contributed by atoms with van der Waals surface area (Å²) in [6, 6.07) is 13.1. The minimum atomic E-state index is -3.93. The van der Waals surface area contributed by atoms with E-state index in [1.807, 2.05) is 49.4 Å². The van der Waals surface area contributed by atoms with Gasteiger partial charge in [-0.05, 0) is 43.9 Å². The number of sulfonamides is 1. The summed E-state index contributed by atoms with van der Waals surface area (Å²) in [5, 5.41) is 2.35. The van der Waals surface area contributed by atoms with Crippen molar-refractivity contribution in [3.8, 4) is 0 Å². The van der Waals surface area contributed by atoms with Gasteiger partial charge in [0.2, 0.25) is 21.8 Å². The molecule has 0 aliphatic rings. The number of rotatable bonds is 9. The third-order valence-corrected chi connectivity index (χ3v) is 6.63. The standard InChI is InChI=1S/C21H27N3O4S/c1-15-11-16(2)21(17(3)12-15)29(27,28)24(14-20(26)23-13-19(22)25)10-9-18-7-5-4-6-8-18/h4-8,11-12H,9-10,13-14H2,1-3H3,(H2,22,25)(H,23,26). The van der Waals surface area contributed by atoms with Crippen LogP contribution in [0.5, 0.6) is 0 Å². The first-order chi connectivity index (χ1) is 13.6. The van der Waals surface area contributed by atoms with Gasteiger partial charge >= 0.3 is 0 Å². The van der Waals surface area contributed by atoms with Crippen molar-refractivity contribution in [2.45, 2.75) is 32.1 Å². The van der Waals surface area contributed by atoms with Crippen LogP contribution in [0.1, 0.15) is 22.3 Å². The minimum Gasteiger partial charge on any atom is -0.368 e. The van der Waals surface area contributed by atoms with Crippen LogP contribution in [0, 0.1) is 20.8 Å². The molecule has 2 aromatic rings. The Balaban J connectivity index is 2.34. The van der Waals surface area contributed by atoms with E-state index < -0.39 is 28.4 Å². The molecule has 2 aromatic carbocycles. The number of nitrogens with two attached hydrogens (primary N) is 1. The predicted molar refractivity (Wildman–Crippen MR) is 112 cm³/mol. The summed E-state index contributed by atoms with van der Waals surface area (Å²) < 4.78 is 28.0. The van der Waals surface area contributed by atoms with Gasteiger partial charge in [-0.1, -0.05) is 48.0 Å². The lowest BCUT2D eigenvalue weighted by Gasteiger charge is -2.24. The lowest BCUT2D eigenvalue weighted by molar-refractivity contribution is -0.124. The van der Waals surface area contributed by atoms with Gasteiger partial charge in [0.05, 0.1) is 18.0 Å². The Morgan fingerprint density at radius 3 is 2.17 bits per heavy atom. The Morgan fingerprint density at radius 2 is 1.62 bits per heavy atom. The molecule has 0 aliphatic heterocycles. The largest absolute Gasteiger partial charge is 0.368 e. The highest BCUT2D eigenvalue weighted by Crippen LogP contribution is 2.25. The van der Waals surface area contributed by atoms with E-state index >= 15 is 0 Å². The number of nitrogens with one attached hydrogen (secondary N) is 1. The molecule has 0 unspecified atom stereocenters. The summed E-state index contributed by atoms with van der Waals surface area (Å²) in [6.07, 6.45) is 0.452. The van der Waals surface area contributed by atoms with Crippen molar-refractivity contribution in [1.29, 1.82) is 0 Å². The van der Waals surface area contributed by atoms with Crippen molar-refractivity contribution in [3.05, 3.63) is 64.7 Å². The smallest absolute Gasteiger partial charge is 0.244 e. The first kappa shape index (κ1) is 22.6. The van der Waals surface area contributed by atoms with E-state index in [-0.39, 0.29) is 18.0 Å². The summed E-state index contributed by atoms with van der Waals surface area (Å²) in [5.74, 6) is -1.27. The Morgan fingerprint density at radius 1 is 1.03 bits per heavy atom. The van der Waals surface area contributed by atoms with Crippen LogP contribution in [-0.4, -0.2) is 44.2 Å². The number of amides is 2. The van der Waals surface area contributed by atoms with E-state index in [1.54, 1.807) is 13.8 Å². The quantitative estimate of drug-likeness (QED) is 0.643. The van der Waals surface area contributed by atoms with Crippen LogP contribution in [0.3, 0.4) is 0 Å². The molecular weight excluding hydrogens is 390 g/mol. The molecule has 156 valence electrons. The Labute approximate surface area is 172 Å². The number of hydrogen-bond donors (Lipinski definition) is 2. The molecule has 0 aromatic heterocycles. The molecule has 0 spiro atoms. The van der Waals surface area contributed by atoms with Crippen LogP contribution >= 0.6 is 0 Å². The Kier molecular flexibility index (Phi) is 7.53. The van der Waals surface area contributed by atoms with Crippen molar-refractivity contribution >= 4 is 21.8 Å². The summed E-state index contributed by atoms with van der Waals surface area (Å²) in [5.41, 5.74) is 8.24. The molecule has 0 atom stereocenters. The Bertz CT molecular complexity index is 965. The van der Waals surface area contributed by atoms with Gasteiger partial charge in [-0.3, -0.25) is 9.59 Å². The fourth-order valence-corrected chi connectivity index (χ4v) is 5.10. The number of carbonyl (C=O) groups excluding carboxylic acids is 2. The summed E-state index contributed by atoms with van der Waals surface area (Å²) in [7, 11) is -3.93. The van der Waals surface area contributed by atoms with Gasteiger partial charge in [0, 0.05) is 6.54 Å². The second-order valence-corrected chi connectivity index (χ2v) is 8.92. The molecule has 0 saturated carbocycles. The van der Waals surface area contributed by atoms with Gasteiger partial charge in [-0.25, -0.2) is 8.42 Å². The maximum Gasteiger partial charge on any atom is 0.244 e. The predicted octanol–water partition coefficient (Wildman–Crippen LogP) is 1.45. The lowest BCUT2D eigenvalue weighted by atomic mass is 10.1. The molecule has 29 heavy (non-hydrogen) atoms. The average molecular weight is 418 g/mol. The van der Waals surface area contributed by atoms with Crippen LogP contribution in [0.25, 0.3) is 0 Å². The molecule has 0 aliphatic carbocycles. The fourth-order valence-electron chi connectivity index (χ4n) is 3.29. The number of hydrogen-bond acceptors (Lipinski definition) is 4. The third-order valence-electron chi connectivity index (χ3n) is 4.47. The number of carbonyl (C=O) groups is 2. The van der Waals surface area contributed by atoms with Crippen molar-refractivity contribution in [2.24, 2.45) is 5.73 Å². The maximum absolute atomic E-state index is 13.4. The van der Waals surface area contributed by atoms with E-state index in [0.29, 0.717) is 17.5 Å². The van der Waals surface area contributed by atoms with E-state index in [4.69, 9.17) is 5.73 Å². The van der Waals surface area contributed by atoms with Gasteiger partial charge in [0.15, 0.2) is 0 Å². The van der Waals surface area contributed by atoms with Crippen LogP contribution < -0.4 is 11.1 Å². The molecule has 7 nitrogen and oxygen atoms in total. The summed E-state index contributed by atoms with van der Waals surface area (Å²) >= 11 is 0. The van der Waals surface area contributed by atoms with Gasteiger partial charge in [-0.2, -0.15) is 4.31 Å². The van der Waals surface area contributed by atoms with E-state index in [2.05, 4.69) is 5.32 Å². The van der Waals surface area contributed by atoms with Crippen molar-refractivity contribution in [2.75, 3.05) is 19.6 Å².